The van der Waals surface area contributed by atoms with Crippen LogP contribution in [0.2, 0.25) is 0 Å². The van der Waals surface area contributed by atoms with Gasteiger partial charge in [0.2, 0.25) is 12.7 Å². The SMILES string of the molecule is COc1c2c(nc3c4c(ccc13)OCO4)OC(C)(C)[C@@H](O)C2. The summed E-state index contributed by atoms with van der Waals surface area (Å²) in [7, 11) is 1.60. The first-order valence-corrected chi connectivity index (χ1v) is 7.17. The lowest BCUT2D eigenvalue weighted by Crippen LogP contribution is -2.46. The van der Waals surface area contributed by atoms with Crippen molar-refractivity contribution in [3.8, 4) is 23.1 Å². The van der Waals surface area contributed by atoms with E-state index in [1.807, 2.05) is 26.0 Å². The van der Waals surface area contributed by atoms with Gasteiger partial charge >= 0.3 is 0 Å². The molecule has 0 radical (unpaired) electrons. The van der Waals surface area contributed by atoms with E-state index in [9.17, 15) is 5.11 Å². The van der Waals surface area contributed by atoms with Crippen LogP contribution in [0.4, 0.5) is 0 Å². The Kier molecular flexibility index (Phi) is 2.69. The summed E-state index contributed by atoms with van der Waals surface area (Å²) < 4.78 is 22.4. The van der Waals surface area contributed by atoms with E-state index >= 15 is 0 Å². The lowest BCUT2D eigenvalue weighted by Gasteiger charge is -2.36. The van der Waals surface area contributed by atoms with Gasteiger partial charge < -0.3 is 24.1 Å². The second-order valence-corrected chi connectivity index (χ2v) is 6.05. The average molecular weight is 303 g/mol. The van der Waals surface area contributed by atoms with E-state index in [-0.39, 0.29) is 6.79 Å². The number of aliphatic hydroxyl groups is 1. The monoisotopic (exact) mass is 303 g/mol. The molecule has 116 valence electrons. The van der Waals surface area contributed by atoms with Crippen molar-refractivity contribution < 1.29 is 24.1 Å². The normalized spacial score (nSPS) is 21.4. The lowest BCUT2D eigenvalue weighted by molar-refractivity contribution is -0.0445. The fourth-order valence-corrected chi connectivity index (χ4v) is 2.93. The number of nitrogens with zero attached hydrogens (tertiary/aromatic N) is 1. The molecule has 1 atom stereocenters. The Morgan fingerprint density at radius 2 is 2.14 bits per heavy atom. The summed E-state index contributed by atoms with van der Waals surface area (Å²) in [6.07, 6.45) is -0.190. The van der Waals surface area contributed by atoms with Crippen molar-refractivity contribution >= 4 is 10.9 Å². The zero-order valence-corrected chi connectivity index (χ0v) is 12.7. The van der Waals surface area contributed by atoms with Gasteiger partial charge in [-0.2, -0.15) is 0 Å². The molecular weight excluding hydrogens is 286 g/mol. The third-order valence-electron chi connectivity index (χ3n) is 4.27. The van der Waals surface area contributed by atoms with E-state index in [0.717, 1.165) is 10.9 Å². The summed E-state index contributed by atoms with van der Waals surface area (Å²) in [5.74, 6) is 2.40. The average Bonchev–Trinajstić information content (AvgIpc) is 2.95. The molecule has 0 unspecified atom stereocenters. The van der Waals surface area contributed by atoms with Crippen LogP contribution in [0.25, 0.3) is 10.9 Å². The van der Waals surface area contributed by atoms with Gasteiger partial charge in [-0.3, -0.25) is 0 Å². The molecule has 22 heavy (non-hydrogen) atoms. The molecule has 2 aliphatic rings. The standard InChI is InChI=1S/C16H17NO5/c1-16(2)11(18)6-9-13(19-3)8-4-5-10-14(21-7-20-10)12(8)17-15(9)22-16/h4-5,11,18H,6-7H2,1-3H3/t11-/m0/s1. The molecule has 0 fully saturated rings. The van der Waals surface area contributed by atoms with Crippen LogP contribution in [0.5, 0.6) is 23.1 Å². The first-order valence-electron chi connectivity index (χ1n) is 7.17. The number of hydrogen-bond donors (Lipinski definition) is 1. The van der Waals surface area contributed by atoms with Crippen molar-refractivity contribution in [2.24, 2.45) is 0 Å². The molecule has 1 aromatic heterocycles. The van der Waals surface area contributed by atoms with Crippen molar-refractivity contribution in [2.45, 2.75) is 32.0 Å². The van der Waals surface area contributed by atoms with E-state index in [1.165, 1.54) is 0 Å². The van der Waals surface area contributed by atoms with Gasteiger partial charge in [0, 0.05) is 11.8 Å². The predicted octanol–water partition coefficient (Wildman–Crippen LogP) is 2.05. The largest absolute Gasteiger partial charge is 0.496 e. The molecule has 0 amide bonds. The third-order valence-corrected chi connectivity index (χ3v) is 4.27. The lowest BCUT2D eigenvalue weighted by atomic mass is 9.91. The quantitative estimate of drug-likeness (QED) is 0.869. The van der Waals surface area contributed by atoms with Crippen LogP contribution >= 0.6 is 0 Å². The minimum Gasteiger partial charge on any atom is -0.496 e. The highest BCUT2D eigenvalue weighted by Crippen LogP contribution is 2.46. The molecule has 0 bridgehead atoms. The summed E-state index contributed by atoms with van der Waals surface area (Å²) in [6.45, 7) is 3.86. The highest BCUT2D eigenvalue weighted by atomic mass is 16.7. The van der Waals surface area contributed by atoms with E-state index in [1.54, 1.807) is 7.11 Å². The highest BCUT2D eigenvalue weighted by molar-refractivity contribution is 5.94. The predicted molar refractivity (Wildman–Crippen MR) is 78.8 cm³/mol. The number of hydrogen-bond acceptors (Lipinski definition) is 6. The molecule has 0 saturated heterocycles. The molecule has 1 aromatic carbocycles. The van der Waals surface area contributed by atoms with E-state index in [2.05, 4.69) is 4.98 Å². The van der Waals surface area contributed by atoms with Gasteiger partial charge in [0.1, 0.15) is 16.9 Å². The van der Waals surface area contributed by atoms with Gasteiger partial charge in [-0.15, -0.1) is 0 Å². The van der Waals surface area contributed by atoms with E-state index in [0.29, 0.717) is 35.1 Å². The number of ether oxygens (including phenoxy) is 4. The molecule has 0 saturated carbocycles. The Morgan fingerprint density at radius 3 is 2.91 bits per heavy atom. The molecule has 2 aromatic rings. The number of methoxy groups -OCH3 is 1. The van der Waals surface area contributed by atoms with Crippen molar-refractivity contribution in [3.63, 3.8) is 0 Å². The number of fused-ring (bicyclic) bond motifs is 4. The summed E-state index contributed by atoms with van der Waals surface area (Å²) >= 11 is 0. The van der Waals surface area contributed by atoms with Gasteiger partial charge in [-0.1, -0.05) is 0 Å². The Labute approximate surface area is 127 Å². The maximum Gasteiger partial charge on any atom is 0.231 e. The van der Waals surface area contributed by atoms with Crippen LogP contribution in [0.1, 0.15) is 19.4 Å². The Hall–Kier alpha value is -2.21. The number of aliphatic hydroxyl groups excluding tert-OH is 1. The summed E-state index contributed by atoms with van der Waals surface area (Å²) in [6, 6.07) is 3.73. The van der Waals surface area contributed by atoms with Crippen molar-refractivity contribution in [1.82, 2.24) is 4.98 Å². The Morgan fingerprint density at radius 1 is 1.32 bits per heavy atom. The van der Waals surface area contributed by atoms with Crippen LogP contribution in [-0.4, -0.2) is 35.7 Å². The molecular formula is C16H17NO5. The zero-order valence-electron chi connectivity index (χ0n) is 12.7. The third kappa shape index (κ3) is 1.73. The fourth-order valence-electron chi connectivity index (χ4n) is 2.93. The smallest absolute Gasteiger partial charge is 0.231 e. The molecule has 6 nitrogen and oxygen atoms in total. The summed E-state index contributed by atoms with van der Waals surface area (Å²) in [5, 5.41) is 11.1. The molecule has 1 N–H and O–H groups in total. The number of rotatable bonds is 1. The van der Waals surface area contributed by atoms with E-state index in [4.69, 9.17) is 18.9 Å². The van der Waals surface area contributed by atoms with Gasteiger partial charge in [-0.25, -0.2) is 4.98 Å². The number of pyridine rings is 1. The summed E-state index contributed by atoms with van der Waals surface area (Å²) in [4.78, 5) is 4.61. The molecule has 0 spiro atoms. The molecule has 6 heteroatoms. The fraction of sp³-hybridized carbons (Fsp3) is 0.438. The van der Waals surface area contributed by atoms with Crippen molar-refractivity contribution in [3.05, 3.63) is 17.7 Å². The minimum atomic E-state index is -0.700. The Balaban J connectivity index is 2.01. The van der Waals surface area contributed by atoms with Gasteiger partial charge in [0.15, 0.2) is 11.5 Å². The van der Waals surface area contributed by atoms with Crippen LogP contribution in [0.3, 0.4) is 0 Å². The molecule has 0 aliphatic carbocycles. The maximum absolute atomic E-state index is 10.3. The van der Waals surface area contributed by atoms with Gasteiger partial charge in [0.25, 0.3) is 0 Å². The molecule has 4 rings (SSSR count). The minimum absolute atomic E-state index is 0.181. The van der Waals surface area contributed by atoms with Crippen LogP contribution in [-0.2, 0) is 6.42 Å². The number of benzene rings is 1. The molecule has 2 aliphatic heterocycles. The second kappa shape index (κ2) is 4.39. The van der Waals surface area contributed by atoms with Gasteiger partial charge in [-0.05, 0) is 26.0 Å². The van der Waals surface area contributed by atoms with Crippen LogP contribution in [0, 0.1) is 0 Å². The summed E-state index contributed by atoms with van der Waals surface area (Å²) in [5.41, 5.74) is 0.729. The second-order valence-electron chi connectivity index (χ2n) is 6.05. The van der Waals surface area contributed by atoms with Crippen molar-refractivity contribution in [1.29, 1.82) is 0 Å². The highest BCUT2D eigenvalue weighted by Gasteiger charge is 2.39. The van der Waals surface area contributed by atoms with Crippen LogP contribution in [0.15, 0.2) is 12.1 Å². The topological polar surface area (TPSA) is 70.0 Å². The van der Waals surface area contributed by atoms with Gasteiger partial charge in [0.05, 0.1) is 18.8 Å². The molecule has 3 heterocycles. The zero-order chi connectivity index (χ0) is 15.5. The first-order chi connectivity index (χ1) is 10.5. The first kappa shape index (κ1) is 13.5. The Bertz CT molecular complexity index is 771. The maximum atomic E-state index is 10.3. The number of aromatic nitrogens is 1. The van der Waals surface area contributed by atoms with E-state index < -0.39 is 11.7 Å². The van der Waals surface area contributed by atoms with Crippen LogP contribution < -0.4 is 18.9 Å². The van der Waals surface area contributed by atoms with Crippen molar-refractivity contribution in [2.75, 3.05) is 13.9 Å².